The minimum Gasteiger partial charge on any atom is -0.496 e. The van der Waals surface area contributed by atoms with Gasteiger partial charge in [0.1, 0.15) is 5.75 Å². The van der Waals surface area contributed by atoms with Crippen molar-refractivity contribution in [3.8, 4) is 11.8 Å². The van der Waals surface area contributed by atoms with E-state index in [1.54, 1.807) is 13.2 Å². The van der Waals surface area contributed by atoms with E-state index in [9.17, 15) is 0 Å². The van der Waals surface area contributed by atoms with Crippen molar-refractivity contribution >= 4 is 11.8 Å². The van der Waals surface area contributed by atoms with Crippen molar-refractivity contribution in [1.29, 1.82) is 5.26 Å². The highest BCUT2D eigenvalue weighted by molar-refractivity contribution is 7.98. The van der Waals surface area contributed by atoms with Gasteiger partial charge in [-0.15, -0.1) is 0 Å². The third-order valence-corrected chi connectivity index (χ3v) is 2.79. The smallest absolute Gasteiger partial charge is 0.122 e. The van der Waals surface area contributed by atoms with Crippen molar-refractivity contribution < 1.29 is 4.74 Å². The van der Waals surface area contributed by atoms with E-state index in [-0.39, 0.29) is 0 Å². The second-order valence-electron chi connectivity index (χ2n) is 2.78. The number of rotatable bonds is 4. The minimum atomic E-state index is 0.692. The monoisotopic (exact) mass is 207 g/mol. The second-order valence-corrected chi connectivity index (χ2v) is 4.05. The number of thioether (sulfide) groups is 1. The van der Waals surface area contributed by atoms with E-state index in [0.29, 0.717) is 5.56 Å². The summed E-state index contributed by atoms with van der Waals surface area (Å²) in [6, 6.07) is 7.65. The lowest BCUT2D eigenvalue weighted by molar-refractivity contribution is 0.411. The molecule has 0 heterocycles. The van der Waals surface area contributed by atoms with Crippen molar-refractivity contribution in [3.63, 3.8) is 0 Å². The summed E-state index contributed by atoms with van der Waals surface area (Å²) in [5, 5.41) is 8.75. The predicted octanol–water partition coefficient (Wildman–Crippen LogP) is 2.82. The average molecular weight is 207 g/mol. The Kier molecular flexibility index (Phi) is 4.34. The molecule has 0 radical (unpaired) electrons. The number of benzene rings is 1. The average Bonchev–Trinajstić information content (AvgIpc) is 2.25. The largest absolute Gasteiger partial charge is 0.496 e. The van der Waals surface area contributed by atoms with E-state index in [2.05, 4.69) is 13.0 Å². The number of hydrogen-bond donors (Lipinski definition) is 0. The molecule has 2 nitrogen and oxygen atoms in total. The molecule has 1 rings (SSSR count). The molecule has 0 N–H and O–H groups in total. The fourth-order valence-electron chi connectivity index (χ4n) is 1.17. The molecule has 0 fully saturated rings. The number of hydrogen-bond acceptors (Lipinski definition) is 3. The summed E-state index contributed by atoms with van der Waals surface area (Å²) in [6.07, 6.45) is 0. The van der Waals surface area contributed by atoms with Crippen LogP contribution < -0.4 is 4.74 Å². The first-order chi connectivity index (χ1) is 6.81. The summed E-state index contributed by atoms with van der Waals surface area (Å²) in [6.45, 7) is 2.12. The number of nitrogens with zero attached hydrogens (tertiary/aromatic N) is 1. The first kappa shape index (κ1) is 10.9. The molecule has 3 heteroatoms. The quantitative estimate of drug-likeness (QED) is 0.761. The number of methoxy groups -OCH3 is 1. The Balaban J connectivity index is 2.91. The molecule has 74 valence electrons. The Labute approximate surface area is 88.9 Å². The zero-order valence-corrected chi connectivity index (χ0v) is 9.23. The van der Waals surface area contributed by atoms with Crippen LogP contribution in [0.1, 0.15) is 18.1 Å². The van der Waals surface area contributed by atoms with Gasteiger partial charge in [-0.3, -0.25) is 0 Å². The van der Waals surface area contributed by atoms with Gasteiger partial charge in [0, 0.05) is 11.3 Å². The van der Waals surface area contributed by atoms with Gasteiger partial charge < -0.3 is 4.74 Å². The Morgan fingerprint density at radius 1 is 1.50 bits per heavy atom. The van der Waals surface area contributed by atoms with Crippen LogP contribution in [0, 0.1) is 11.3 Å². The molecule has 0 spiro atoms. The molecular weight excluding hydrogens is 194 g/mol. The van der Waals surface area contributed by atoms with E-state index < -0.39 is 0 Å². The van der Waals surface area contributed by atoms with Gasteiger partial charge in [-0.2, -0.15) is 17.0 Å². The van der Waals surface area contributed by atoms with Gasteiger partial charge in [-0.05, 0) is 24.0 Å². The van der Waals surface area contributed by atoms with Crippen LogP contribution in [-0.4, -0.2) is 12.9 Å². The summed E-state index contributed by atoms with van der Waals surface area (Å²) < 4.78 is 5.22. The van der Waals surface area contributed by atoms with Crippen molar-refractivity contribution in [1.82, 2.24) is 0 Å². The molecule has 1 aromatic carbocycles. The second kappa shape index (κ2) is 5.56. The van der Waals surface area contributed by atoms with Gasteiger partial charge >= 0.3 is 0 Å². The predicted molar refractivity (Wildman–Crippen MR) is 59.5 cm³/mol. The molecule has 1 aromatic rings. The molecule has 0 aromatic heterocycles. The lowest BCUT2D eigenvalue weighted by atomic mass is 10.1. The Morgan fingerprint density at radius 3 is 2.86 bits per heavy atom. The van der Waals surface area contributed by atoms with E-state index in [4.69, 9.17) is 10.00 Å². The van der Waals surface area contributed by atoms with Crippen molar-refractivity contribution in [3.05, 3.63) is 29.3 Å². The van der Waals surface area contributed by atoms with E-state index in [0.717, 1.165) is 22.8 Å². The van der Waals surface area contributed by atoms with Gasteiger partial charge in [0.05, 0.1) is 18.7 Å². The molecule has 0 aliphatic heterocycles. The maximum atomic E-state index is 8.75. The molecule has 0 aliphatic carbocycles. The first-order valence-corrected chi connectivity index (χ1v) is 5.62. The molecule has 0 amide bonds. The highest BCUT2D eigenvalue weighted by Crippen LogP contribution is 2.24. The fraction of sp³-hybridized carbons (Fsp3) is 0.364. The Morgan fingerprint density at radius 2 is 2.29 bits per heavy atom. The minimum absolute atomic E-state index is 0.692. The number of nitriles is 1. The van der Waals surface area contributed by atoms with Crippen molar-refractivity contribution in [2.75, 3.05) is 12.9 Å². The van der Waals surface area contributed by atoms with Crippen LogP contribution >= 0.6 is 11.8 Å². The molecule has 14 heavy (non-hydrogen) atoms. The highest BCUT2D eigenvalue weighted by Gasteiger charge is 2.03. The zero-order valence-electron chi connectivity index (χ0n) is 8.41. The Hall–Kier alpha value is -1.14. The van der Waals surface area contributed by atoms with E-state index in [1.807, 2.05) is 23.9 Å². The summed E-state index contributed by atoms with van der Waals surface area (Å²) in [4.78, 5) is 0. The maximum Gasteiger partial charge on any atom is 0.122 e. The summed E-state index contributed by atoms with van der Waals surface area (Å²) in [5.41, 5.74) is 1.79. The summed E-state index contributed by atoms with van der Waals surface area (Å²) in [7, 11) is 1.65. The maximum absolute atomic E-state index is 8.75. The van der Waals surface area contributed by atoms with Gasteiger partial charge in [0.2, 0.25) is 0 Å². The lowest BCUT2D eigenvalue weighted by Crippen LogP contribution is -1.91. The fourth-order valence-corrected chi connectivity index (χ4v) is 1.82. The molecular formula is C11H13NOS. The lowest BCUT2D eigenvalue weighted by Gasteiger charge is -2.07. The Bertz CT molecular complexity index is 344. The molecule has 0 unspecified atom stereocenters. The van der Waals surface area contributed by atoms with Crippen LogP contribution in [0.15, 0.2) is 18.2 Å². The molecule has 0 aliphatic rings. The van der Waals surface area contributed by atoms with Gasteiger partial charge in [0.25, 0.3) is 0 Å². The van der Waals surface area contributed by atoms with Gasteiger partial charge in [-0.25, -0.2) is 0 Å². The first-order valence-electron chi connectivity index (χ1n) is 4.46. The summed E-state index contributed by atoms with van der Waals surface area (Å²) >= 11 is 1.82. The topological polar surface area (TPSA) is 33.0 Å². The van der Waals surface area contributed by atoms with E-state index >= 15 is 0 Å². The van der Waals surface area contributed by atoms with E-state index in [1.165, 1.54) is 0 Å². The highest BCUT2D eigenvalue weighted by atomic mass is 32.2. The normalized spacial score (nSPS) is 9.50. The SMILES string of the molecule is CCSCc1cc(C#N)ccc1OC. The number of ether oxygens (including phenoxy) is 1. The van der Waals surface area contributed by atoms with Crippen molar-refractivity contribution in [2.45, 2.75) is 12.7 Å². The van der Waals surface area contributed by atoms with Crippen LogP contribution in [0.3, 0.4) is 0 Å². The van der Waals surface area contributed by atoms with Gasteiger partial charge in [-0.1, -0.05) is 6.92 Å². The van der Waals surface area contributed by atoms with Crippen LogP contribution in [0.2, 0.25) is 0 Å². The standard InChI is InChI=1S/C11H13NOS/c1-3-14-8-10-6-9(7-12)4-5-11(10)13-2/h4-6H,3,8H2,1-2H3. The molecule has 0 atom stereocenters. The van der Waals surface area contributed by atoms with Crippen LogP contribution in [-0.2, 0) is 5.75 Å². The summed E-state index contributed by atoms with van der Waals surface area (Å²) in [5.74, 6) is 2.83. The van der Waals surface area contributed by atoms with Crippen LogP contribution in [0.25, 0.3) is 0 Å². The molecule has 0 saturated heterocycles. The third kappa shape index (κ3) is 2.68. The molecule has 0 bridgehead atoms. The van der Waals surface area contributed by atoms with Crippen LogP contribution in [0.4, 0.5) is 0 Å². The zero-order chi connectivity index (χ0) is 10.4. The molecule has 0 saturated carbocycles. The van der Waals surface area contributed by atoms with Gasteiger partial charge in [0.15, 0.2) is 0 Å². The third-order valence-electron chi connectivity index (χ3n) is 1.87. The van der Waals surface area contributed by atoms with Crippen molar-refractivity contribution in [2.24, 2.45) is 0 Å². The van der Waals surface area contributed by atoms with Crippen LogP contribution in [0.5, 0.6) is 5.75 Å².